The summed E-state index contributed by atoms with van der Waals surface area (Å²) in [4.78, 5) is 6.63. The average molecular weight is 175 g/mol. The molecule has 1 aliphatic heterocycles. The Bertz CT molecular complexity index is 320. The van der Waals surface area contributed by atoms with Crippen LogP contribution >= 0.6 is 0 Å². The average Bonchev–Trinajstić information content (AvgIpc) is 3.00. The predicted molar refractivity (Wildman–Crippen MR) is 53.1 cm³/mol. The van der Waals surface area contributed by atoms with Gasteiger partial charge in [0.25, 0.3) is 0 Å². The van der Waals surface area contributed by atoms with Gasteiger partial charge in [0.05, 0.1) is 17.6 Å². The lowest BCUT2D eigenvalue weighted by Gasteiger charge is -2.31. The van der Waals surface area contributed by atoms with E-state index in [9.17, 15) is 0 Å². The van der Waals surface area contributed by atoms with Crippen LogP contribution in [0.5, 0.6) is 0 Å². The molecule has 1 aliphatic carbocycles. The molecule has 0 atom stereocenters. The lowest BCUT2D eigenvalue weighted by Crippen LogP contribution is -2.35. The third kappa shape index (κ3) is 1.15. The van der Waals surface area contributed by atoms with Gasteiger partial charge in [-0.25, -0.2) is 0 Å². The molecule has 0 unspecified atom stereocenters. The second-order valence-electron chi connectivity index (χ2n) is 3.74. The summed E-state index contributed by atoms with van der Waals surface area (Å²) in [6.07, 6.45) is 6.52. The van der Waals surface area contributed by atoms with E-state index in [0.717, 1.165) is 19.1 Å². The second-order valence-corrected chi connectivity index (χ2v) is 3.74. The fourth-order valence-electron chi connectivity index (χ4n) is 1.97. The highest BCUT2D eigenvalue weighted by atomic mass is 15.2. The summed E-state index contributed by atoms with van der Waals surface area (Å²) < 4.78 is 0. The van der Waals surface area contributed by atoms with Crippen molar-refractivity contribution in [1.82, 2.24) is 4.98 Å². The maximum Gasteiger partial charge on any atom is 0.0765 e. The Morgan fingerprint density at radius 1 is 1.46 bits per heavy atom. The zero-order valence-electron chi connectivity index (χ0n) is 7.53. The molecule has 3 heteroatoms. The number of hydrogen-bond donors (Lipinski definition) is 1. The summed E-state index contributed by atoms with van der Waals surface area (Å²) in [5.74, 6) is 0. The summed E-state index contributed by atoms with van der Waals surface area (Å²) in [5.41, 5.74) is 2.53. The molecule has 1 N–H and O–H groups in total. The zero-order chi connectivity index (χ0) is 8.67. The third-order valence-electron chi connectivity index (χ3n) is 2.76. The maximum atomic E-state index is 4.12. The van der Waals surface area contributed by atoms with E-state index in [1.165, 1.54) is 24.2 Å². The summed E-state index contributed by atoms with van der Waals surface area (Å²) in [6, 6.07) is 2.92. The molecule has 2 aliphatic rings. The van der Waals surface area contributed by atoms with Crippen LogP contribution in [0.15, 0.2) is 18.5 Å². The Kier molecular flexibility index (Phi) is 1.45. The van der Waals surface area contributed by atoms with Gasteiger partial charge in [-0.15, -0.1) is 0 Å². The minimum atomic E-state index is 0.809. The highest BCUT2D eigenvalue weighted by Gasteiger charge is 2.31. The number of fused-ring (bicyclic) bond motifs is 1. The molecule has 1 fully saturated rings. The Morgan fingerprint density at radius 2 is 2.38 bits per heavy atom. The number of pyridine rings is 1. The topological polar surface area (TPSA) is 28.2 Å². The van der Waals surface area contributed by atoms with Gasteiger partial charge in [0.1, 0.15) is 0 Å². The second kappa shape index (κ2) is 2.62. The first-order valence-electron chi connectivity index (χ1n) is 4.90. The molecule has 3 nitrogen and oxygen atoms in total. The van der Waals surface area contributed by atoms with Crippen molar-refractivity contribution in [3.8, 4) is 0 Å². The zero-order valence-corrected chi connectivity index (χ0v) is 7.53. The third-order valence-corrected chi connectivity index (χ3v) is 2.76. The van der Waals surface area contributed by atoms with Gasteiger partial charge in [-0.3, -0.25) is 4.98 Å². The largest absolute Gasteiger partial charge is 0.380 e. The van der Waals surface area contributed by atoms with Crippen LogP contribution in [-0.2, 0) is 0 Å². The van der Waals surface area contributed by atoms with Crippen LogP contribution in [0.4, 0.5) is 11.4 Å². The number of anilines is 2. The molecule has 3 rings (SSSR count). The van der Waals surface area contributed by atoms with Crippen molar-refractivity contribution in [2.75, 3.05) is 23.3 Å². The quantitative estimate of drug-likeness (QED) is 0.700. The molecule has 0 aromatic carbocycles. The van der Waals surface area contributed by atoms with Gasteiger partial charge >= 0.3 is 0 Å². The van der Waals surface area contributed by atoms with Gasteiger partial charge in [0.15, 0.2) is 0 Å². The summed E-state index contributed by atoms with van der Waals surface area (Å²) in [6.45, 7) is 2.19. The molecule has 1 aromatic rings. The highest BCUT2D eigenvalue weighted by molar-refractivity contribution is 5.71. The minimum Gasteiger partial charge on any atom is -0.380 e. The Labute approximate surface area is 77.8 Å². The molecule has 0 saturated heterocycles. The van der Waals surface area contributed by atoms with Crippen LogP contribution in [0.25, 0.3) is 0 Å². The van der Waals surface area contributed by atoms with Crippen molar-refractivity contribution in [2.24, 2.45) is 0 Å². The number of aromatic nitrogens is 1. The fourth-order valence-corrected chi connectivity index (χ4v) is 1.97. The van der Waals surface area contributed by atoms with Crippen LogP contribution in [-0.4, -0.2) is 24.1 Å². The van der Waals surface area contributed by atoms with E-state index in [1.54, 1.807) is 0 Å². The molecular weight excluding hydrogens is 162 g/mol. The SMILES string of the molecule is c1cc2c(cn1)NCCN2C1CC1. The molecule has 0 bridgehead atoms. The minimum absolute atomic E-state index is 0.809. The summed E-state index contributed by atoms with van der Waals surface area (Å²) in [7, 11) is 0. The lowest BCUT2D eigenvalue weighted by molar-refractivity contribution is 0.780. The van der Waals surface area contributed by atoms with E-state index in [1.807, 2.05) is 12.4 Å². The smallest absolute Gasteiger partial charge is 0.0765 e. The van der Waals surface area contributed by atoms with Crippen molar-refractivity contribution in [3.05, 3.63) is 18.5 Å². The van der Waals surface area contributed by atoms with Gasteiger partial charge in [0.2, 0.25) is 0 Å². The van der Waals surface area contributed by atoms with Gasteiger partial charge in [-0.2, -0.15) is 0 Å². The van der Waals surface area contributed by atoms with Crippen LogP contribution in [0, 0.1) is 0 Å². The normalized spacial score (nSPS) is 20.8. The fraction of sp³-hybridized carbons (Fsp3) is 0.500. The van der Waals surface area contributed by atoms with E-state index >= 15 is 0 Å². The predicted octanol–water partition coefficient (Wildman–Crippen LogP) is 1.48. The molecule has 1 aromatic heterocycles. The van der Waals surface area contributed by atoms with Crippen LogP contribution in [0.2, 0.25) is 0 Å². The van der Waals surface area contributed by atoms with Crippen molar-refractivity contribution in [2.45, 2.75) is 18.9 Å². The first-order chi connectivity index (χ1) is 6.45. The van der Waals surface area contributed by atoms with Crippen LogP contribution < -0.4 is 10.2 Å². The van der Waals surface area contributed by atoms with Gasteiger partial charge in [-0.05, 0) is 18.9 Å². The molecular formula is C10H13N3. The van der Waals surface area contributed by atoms with Gasteiger partial charge in [0, 0.05) is 25.3 Å². The molecule has 2 heterocycles. The van der Waals surface area contributed by atoms with Crippen molar-refractivity contribution < 1.29 is 0 Å². The molecule has 0 spiro atoms. The van der Waals surface area contributed by atoms with Crippen molar-refractivity contribution in [3.63, 3.8) is 0 Å². The molecule has 0 amide bonds. The first kappa shape index (κ1) is 7.18. The van der Waals surface area contributed by atoms with Gasteiger partial charge in [-0.1, -0.05) is 0 Å². The molecule has 1 saturated carbocycles. The molecule has 0 radical (unpaired) electrons. The number of nitrogens with zero attached hydrogens (tertiary/aromatic N) is 2. The van der Waals surface area contributed by atoms with Crippen molar-refractivity contribution >= 4 is 11.4 Å². The lowest BCUT2D eigenvalue weighted by atomic mass is 10.2. The van der Waals surface area contributed by atoms with E-state index in [0.29, 0.717) is 0 Å². The Balaban J connectivity index is 2.00. The summed E-state index contributed by atoms with van der Waals surface area (Å²) in [5, 5.41) is 3.37. The number of rotatable bonds is 1. The van der Waals surface area contributed by atoms with Crippen LogP contribution in [0.3, 0.4) is 0 Å². The Morgan fingerprint density at radius 3 is 3.23 bits per heavy atom. The molecule has 13 heavy (non-hydrogen) atoms. The first-order valence-corrected chi connectivity index (χ1v) is 4.90. The maximum absolute atomic E-state index is 4.12. The number of hydrogen-bond acceptors (Lipinski definition) is 3. The van der Waals surface area contributed by atoms with Crippen molar-refractivity contribution in [1.29, 1.82) is 0 Å². The van der Waals surface area contributed by atoms with Gasteiger partial charge < -0.3 is 10.2 Å². The molecule has 68 valence electrons. The highest BCUT2D eigenvalue weighted by Crippen LogP contribution is 2.36. The van der Waals surface area contributed by atoms with E-state index < -0.39 is 0 Å². The van der Waals surface area contributed by atoms with E-state index in [-0.39, 0.29) is 0 Å². The monoisotopic (exact) mass is 175 g/mol. The van der Waals surface area contributed by atoms with E-state index in [4.69, 9.17) is 0 Å². The van der Waals surface area contributed by atoms with E-state index in [2.05, 4.69) is 21.3 Å². The van der Waals surface area contributed by atoms with Crippen LogP contribution in [0.1, 0.15) is 12.8 Å². The number of nitrogens with one attached hydrogen (secondary N) is 1. The summed E-state index contributed by atoms with van der Waals surface area (Å²) >= 11 is 0. The standard InChI is InChI=1S/C10H13N3/c1-2-8(1)13-6-5-12-9-7-11-4-3-10(9)13/h3-4,7-8,12H,1-2,5-6H2. The Hall–Kier alpha value is -1.25.